The van der Waals surface area contributed by atoms with Gasteiger partial charge >= 0.3 is 0 Å². The summed E-state index contributed by atoms with van der Waals surface area (Å²) in [4.78, 5) is 25.0. The molecule has 0 aliphatic carbocycles. The number of anilines is 1. The number of aromatic nitrogens is 3. The molecule has 0 bridgehead atoms. The van der Waals surface area contributed by atoms with Gasteiger partial charge in [0.2, 0.25) is 5.95 Å². The van der Waals surface area contributed by atoms with E-state index in [0.717, 1.165) is 22.8 Å². The van der Waals surface area contributed by atoms with Crippen molar-refractivity contribution >= 4 is 33.8 Å². The van der Waals surface area contributed by atoms with Gasteiger partial charge in [-0.2, -0.15) is 0 Å². The second kappa shape index (κ2) is 6.24. The second-order valence-electron chi connectivity index (χ2n) is 7.30. The van der Waals surface area contributed by atoms with Gasteiger partial charge in [0.15, 0.2) is 23.6 Å². The third-order valence-corrected chi connectivity index (χ3v) is 5.36. The summed E-state index contributed by atoms with van der Waals surface area (Å²) < 4.78 is 13.5. The third kappa shape index (κ3) is 2.52. The zero-order valence-electron chi connectivity index (χ0n) is 15.9. The van der Waals surface area contributed by atoms with Crippen LogP contribution in [0, 0.1) is 0 Å². The van der Waals surface area contributed by atoms with Crippen LogP contribution < -0.4 is 26.1 Å². The predicted octanol–water partition coefficient (Wildman–Crippen LogP) is 2.33. The van der Waals surface area contributed by atoms with Gasteiger partial charge in [-0.3, -0.25) is 14.7 Å². The fourth-order valence-corrected chi connectivity index (χ4v) is 3.99. The first-order chi connectivity index (χ1) is 14.7. The van der Waals surface area contributed by atoms with Gasteiger partial charge in [0.25, 0.3) is 5.56 Å². The van der Waals surface area contributed by atoms with Crippen LogP contribution in [0.15, 0.2) is 52.3 Å². The van der Waals surface area contributed by atoms with Crippen LogP contribution in [0.5, 0.6) is 11.5 Å². The summed E-state index contributed by atoms with van der Waals surface area (Å²) in [7, 11) is 0. The number of rotatable bonds is 1. The molecular weight excluding hydrogens is 384 g/mol. The molecule has 0 saturated carbocycles. The highest BCUT2D eigenvalue weighted by molar-refractivity contribution is 5.95. The molecule has 0 unspecified atom stereocenters. The molecule has 2 aliphatic rings. The largest absolute Gasteiger partial charge is 0.489 e. The molecule has 6 rings (SSSR count). The predicted molar refractivity (Wildman–Crippen MR) is 113 cm³/mol. The Bertz CT molecular complexity index is 1400. The molecule has 0 saturated heterocycles. The summed E-state index contributed by atoms with van der Waals surface area (Å²) >= 11 is 0. The number of imidazole rings is 1. The number of nitrogens with one attached hydrogen (secondary N) is 2. The second-order valence-corrected chi connectivity index (χ2v) is 7.30. The number of aliphatic imine (C=N–C) groups is 1. The Labute approximate surface area is 170 Å². The van der Waals surface area contributed by atoms with Crippen LogP contribution >= 0.6 is 0 Å². The minimum atomic E-state index is -0.663. The molecule has 30 heavy (non-hydrogen) atoms. The zero-order chi connectivity index (χ0) is 20.2. The van der Waals surface area contributed by atoms with E-state index in [0.29, 0.717) is 41.7 Å². The number of H-pyrrole nitrogens is 1. The monoisotopic (exact) mass is 402 g/mol. The Kier molecular flexibility index (Phi) is 3.52. The van der Waals surface area contributed by atoms with Crippen LogP contribution in [0.1, 0.15) is 18.2 Å². The van der Waals surface area contributed by atoms with Gasteiger partial charge in [0.1, 0.15) is 0 Å². The standard InChI is InChI=1S/C21H18N6O3/c22-20-25-18(12-8-11-4-1-2-5-13(11)23-19(12)28)27-15-10-17-16(29-6-3-7-30-17)9-14(15)24-21(27)26-20/h1-2,4-5,8-10,18H,3,6-7H2,(H,23,28)(H3,22,24,25,26)/t18-/m0/s1. The van der Waals surface area contributed by atoms with Crippen molar-refractivity contribution in [3.05, 3.63) is 58.4 Å². The van der Waals surface area contributed by atoms with E-state index in [1.165, 1.54) is 0 Å². The van der Waals surface area contributed by atoms with E-state index in [1.807, 2.05) is 47.0 Å². The fourth-order valence-electron chi connectivity index (χ4n) is 3.99. The molecule has 2 aromatic carbocycles. The highest BCUT2D eigenvalue weighted by atomic mass is 16.5. The first kappa shape index (κ1) is 16.9. The number of benzene rings is 2. The molecule has 0 amide bonds. The molecule has 2 aliphatic heterocycles. The van der Waals surface area contributed by atoms with Crippen molar-refractivity contribution in [3.8, 4) is 11.5 Å². The smallest absolute Gasteiger partial charge is 0.255 e. The number of hydrogen-bond acceptors (Lipinski definition) is 7. The number of hydrogen-bond donors (Lipinski definition) is 3. The zero-order valence-corrected chi connectivity index (χ0v) is 15.9. The first-order valence-corrected chi connectivity index (χ1v) is 9.71. The summed E-state index contributed by atoms with van der Waals surface area (Å²) in [6.45, 7) is 1.17. The number of nitrogens with zero attached hydrogens (tertiary/aromatic N) is 3. The van der Waals surface area contributed by atoms with Gasteiger partial charge in [-0.15, -0.1) is 0 Å². The van der Waals surface area contributed by atoms with Gasteiger partial charge < -0.3 is 20.2 Å². The van der Waals surface area contributed by atoms with Gasteiger partial charge in [-0.25, -0.2) is 9.98 Å². The molecule has 0 fully saturated rings. The van der Waals surface area contributed by atoms with Gasteiger partial charge in [-0.05, 0) is 17.5 Å². The van der Waals surface area contributed by atoms with Crippen LogP contribution in [0.2, 0.25) is 0 Å². The van der Waals surface area contributed by atoms with E-state index in [9.17, 15) is 4.79 Å². The van der Waals surface area contributed by atoms with E-state index < -0.39 is 6.17 Å². The summed E-state index contributed by atoms with van der Waals surface area (Å²) in [5.74, 6) is 2.01. The highest BCUT2D eigenvalue weighted by Gasteiger charge is 2.28. The minimum Gasteiger partial charge on any atom is -0.489 e. The highest BCUT2D eigenvalue weighted by Crippen LogP contribution is 2.38. The van der Waals surface area contributed by atoms with Crippen molar-refractivity contribution in [1.82, 2.24) is 14.5 Å². The van der Waals surface area contributed by atoms with Crippen molar-refractivity contribution in [1.29, 1.82) is 0 Å². The van der Waals surface area contributed by atoms with Crippen LogP contribution in [0.25, 0.3) is 21.9 Å². The maximum Gasteiger partial charge on any atom is 0.255 e. The van der Waals surface area contributed by atoms with E-state index in [-0.39, 0.29) is 11.5 Å². The maximum absolute atomic E-state index is 12.9. The first-order valence-electron chi connectivity index (χ1n) is 9.71. The molecular formula is C21H18N6O3. The molecule has 1 atom stereocenters. The molecule has 0 radical (unpaired) electrons. The topological polar surface area (TPSA) is 120 Å². The quantitative estimate of drug-likeness (QED) is 0.450. The average Bonchev–Trinajstić information content (AvgIpc) is 2.92. The Hall–Kier alpha value is -4.01. The summed E-state index contributed by atoms with van der Waals surface area (Å²) in [6, 6.07) is 13.2. The lowest BCUT2D eigenvalue weighted by molar-refractivity contribution is 0.297. The number of fused-ring (bicyclic) bond motifs is 5. The normalized spacial score (nSPS) is 17.9. The number of para-hydroxylation sites is 1. The number of guanidine groups is 1. The van der Waals surface area contributed by atoms with Crippen molar-refractivity contribution < 1.29 is 9.47 Å². The van der Waals surface area contributed by atoms with Gasteiger partial charge in [0.05, 0.1) is 29.8 Å². The van der Waals surface area contributed by atoms with E-state index in [4.69, 9.17) is 15.2 Å². The molecule has 9 nitrogen and oxygen atoms in total. The number of nitrogens with two attached hydrogens (primary N) is 1. The molecule has 9 heteroatoms. The molecule has 4 heterocycles. The number of ether oxygens (including phenoxy) is 2. The Morgan fingerprint density at radius 1 is 1.10 bits per heavy atom. The van der Waals surface area contributed by atoms with Crippen molar-refractivity contribution in [2.45, 2.75) is 12.6 Å². The van der Waals surface area contributed by atoms with Gasteiger partial charge in [0, 0.05) is 24.1 Å². The Balaban J connectivity index is 1.59. The Morgan fingerprint density at radius 3 is 2.77 bits per heavy atom. The lowest BCUT2D eigenvalue weighted by Crippen LogP contribution is -2.33. The van der Waals surface area contributed by atoms with Gasteiger partial charge in [-0.1, -0.05) is 18.2 Å². The molecule has 0 spiro atoms. The fraction of sp³-hybridized carbons (Fsp3) is 0.190. The van der Waals surface area contributed by atoms with Crippen molar-refractivity contribution in [2.75, 3.05) is 18.5 Å². The van der Waals surface area contributed by atoms with Crippen LogP contribution in [0.3, 0.4) is 0 Å². The summed E-state index contributed by atoms with van der Waals surface area (Å²) in [5, 5.41) is 3.91. The molecule has 4 N–H and O–H groups in total. The molecule has 150 valence electrons. The average molecular weight is 402 g/mol. The molecule has 4 aromatic rings. The minimum absolute atomic E-state index is 0.199. The Morgan fingerprint density at radius 2 is 1.90 bits per heavy atom. The van der Waals surface area contributed by atoms with E-state index in [1.54, 1.807) is 0 Å². The maximum atomic E-state index is 12.9. The van der Waals surface area contributed by atoms with Crippen molar-refractivity contribution in [2.24, 2.45) is 10.7 Å². The SMILES string of the molecule is NC1=N[C@H](c2cc3ccccc3[nH]c2=O)n2c(nc3cc4c(cc32)OCCCO4)N1. The number of aromatic amines is 1. The number of pyridine rings is 1. The lowest BCUT2D eigenvalue weighted by atomic mass is 10.1. The van der Waals surface area contributed by atoms with E-state index in [2.05, 4.69) is 20.3 Å². The van der Waals surface area contributed by atoms with Crippen LogP contribution in [0.4, 0.5) is 5.95 Å². The van der Waals surface area contributed by atoms with Crippen LogP contribution in [-0.4, -0.2) is 33.7 Å². The summed E-state index contributed by atoms with van der Waals surface area (Å²) in [5.41, 5.74) is 8.53. The third-order valence-electron chi connectivity index (χ3n) is 5.36. The van der Waals surface area contributed by atoms with E-state index >= 15 is 0 Å². The summed E-state index contributed by atoms with van der Waals surface area (Å²) in [6.07, 6.45) is 0.152. The lowest BCUT2D eigenvalue weighted by Gasteiger charge is -2.23. The van der Waals surface area contributed by atoms with Crippen molar-refractivity contribution in [3.63, 3.8) is 0 Å². The molecule has 2 aromatic heterocycles. The van der Waals surface area contributed by atoms with Crippen LogP contribution in [-0.2, 0) is 0 Å².